The maximum absolute atomic E-state index is 12.4. The van der Waals surface area contributed by atoms with Crippen LogP contribution >= 0.6 is 15.9 Å². The van der Waals surface area contributed by atoms with Gasteiger partial charge in [0.15, 0.2) is 0 Å². The molecule has 0 bridgehead atoms. The monoisotopic (exact) mass is 354 g/mol. The SMILES string of the molecule is Cc1ccc(NS(=O)(=O)c2cc(Br)ccc2N)cc1C. The van der Waals surface area contributed by atoms with Gasteiger partial charge in [-0.05, 0) is 55.3 Å². The lowest BCUT2D eigenvalue weighted by Crippen LogP contribution is -2.15. The van der Waals surface area contributed by atoms with E-state index in [4.69, 9.17) is 5.73 Å². The van der Waals surface area contributed by atoms with E-state index in [1.54, 1.807) is 24.3 Å². The van der Waals surface area contributed by atoms with Gasteiger partial charge in [-0.25, -0.2) is 8.42 Å². The summed E-state index contributed by atoms with van der Waals surface area (Å²) in [5.41, 5.74) is 8.60. The summed E-state index contributed by atoms with van der Waals surface area (Å²) in [6.07, 6.45) is 0. The van der Waals surface area contributed by atoms with Crippen molar-refractivity contribution in [2.75, 3.05) is 10.5 Å². The van der Waals surface area contributed by atoms with Gasteiger partial charge in [-0.2, -0.15) is 0 Å². The number of benzene rings is 2. The van der Waals surface area contributed by atoms with E-state index < -0.39 is 10.0 Å². The summed E-state index contributed by atoms with van der Waals surface area (Å²) in [6, 6.07) is 10.1. The van der Waals surface area contributed by atoms with Gasteiger partial charge >= 0.3 is 0 Å². The second-order valence-corrected chi connectivity index (χ2v) is 7.15. The Kier molecular flexibility index (Phi) is 4.06. The van der Waals surface area contributed by atoms with Crippen molar-refractivity contribution in [3.63, 3.8) is 0 Å². The van der Waals surface area contributed by atoms with Crippen LogP contribution in [0.15, 0.2) is 45.8 Å². The van der Waals surface area contributed by atoms with Crippen molar-refractivity contribution in [1.82, 2.24) is 0 Å². The largest absolute Gasteiger partial charge is 0.398 e. The fourth-order valence-electron chi connectivity index (χ4n) is 1.76. The third kappa shape index (κ3) is 3.13. The molecule has 2 aromatic carbocycles. The first kappa shape index (κ1) is 14.9. The van der Waals surface area contributed by atoms with Crippen LogP contribution in [0, 0.1) is 13.8 Å². The summed E-state index contributed by atoms with van der Waals surface area (Å²) in [7, 11) is -3.70. The Morgan fingerprint density at radius 2 is 1.75 bits per heavy atom. The number of rotatable bonds is 3. The summed E-state index contributed by atoms with van der Waals surface area (Å²) < 4.78 is 27.9. The summed E-state index contributed by atoms with van der Waals surface area (Å²) in [4.78, 5) is 0.0603. The second-order valence-electron chi connectivity index (χ2n) is 4.59. The van der Waals surface area contributed by atoms with Gasteiger partial charge in [-0.3, -0.25) is 4.72 Å². The molecule has 0 atom stereocenters. The second kappa shape index (κ2) is 5.46. The Hall–Kier alpha value is -1.53. The molecule has 2 aromatic rings. The highest BCUT2D eigenvalue weighted by Crippen LogP contribution is 2.25. The van der Waals surface area contributed by atoms with Crippen LogP contribution in [0.5, 0.6) is 0 Å². The van der Waals surface area contributed by atoms with Crippen molar-refractivity contribution < 1.29 is 8.42 Å². The molecule has 3 N–H and O–H groups in total. The summed E-state index contributed by atoms with van der Waals surface area (Å²) >= 11 is 3.25. The van der Waals surface area contributed by atoms with Gasteiger partial charge in [0.25, 0.3) is 10.0 Å². The zero-order valence-electron chi connectivity index (χ0n) is 11.1. The van der Waals surface area contributed by atoms with Crippen LogP contribution in [0.3, 0.4) is 0 Å². The highest BCUT2D eigenvalue weighted by Gasteiger charge is 2.18. The van der Waals surface area contributed by atoms with Crippen molar-refractivity contribution in [1.29, 1.82) is 0 Å². The zero-order valence-corrected chi connectivity index (χ0v) is 13.5. The summed E-state index contributed by atoms with van der Waals surface area (Å²) in [6.45, 7) is 3.90. The number of sulfonamides is 1. The Morgan fingerprint density at radius 3 is 2.40 bits per heavy atom. The van der Waals surface area contributed by atoms with Gasteiger partial charge in [0.05, 0.1) is 5.69 Å². The zero-order chi connectivity index (χ0) is 14.9. The molecule has 6 heteroatoms. The van der Waals surface area contributed by atoms with E-state index >= 15 is 0 Å². The molecule has 0 saturated carbocycles. The molecule has 0 aromatic heterocycles. The van der Waals surface area contributed by atoms with Crippen LogP contribution in [0.2, 0.25) is 0 Å². The maximum Gasteiger partial charge on any atom is 0.263 e. The number of halogens is 1. The van der Waals surface area contributed by atoms with Crippen molar-refractivity contribution in [2.24, 2.45) is 0 Å². The molecule has 4 nitrogen and oxygen atoms in total. The molecule has 0 fully saturated rings. The molecule has 2 rings (SSSR count). The predicted octanol–water partition coefficient (Wildman–Crippen LogP) is 3.45. The lowest BCUT2D eigenvalue weighted by molar-refractivity contribution is 0.601. The summed E-state index contributed by atoms with van der Waals surface area (Å²) in [5.74, 6) is 0. The molecule has 0 heterocycles. The molecule has 0 aliphatic rings. The topological polar surface area (TPSA) is 72.2 Å². The van der Waals surface area contributed by atoms with Gasteiger partial charge in [0.1, 0.15) is 4.90 Å². The van der Waals surface area contributed by atoms with E-state index in [2.05, 4.69) is 20.7 Å². The quantitative estimate of drug-likeness (QED) is 0.829. The van der Waals surface area contributed by atoms with Crippen LogP contribution in [-0.2, 0) is 10.0 Å². The van der Waals surface area contributed by atoms with E-state index in [1.807, 2.05) is 19.9 Å². The number of anilines is 2. The third-order valence-corrected chi connectivity index (χ3v) is 4.95. The third-order valence-electron chi connectivity index (χ3n) is 3.02. The number of nitrogens with two attached hydrogens (primary N) is 1. The number of aryl methyl sites for hydroxylation is 2. The van der Waals surface area contributed by atoms with Crippen molar-refractivity contribution >= 4 is 37.3 Å². The van der Waals surface area contributed by atoms with Gasteiger partial charge < -0.3 is 5.73 Å². The standard InChI is InChI=1S/C14H15BrN2O2S/c1-9-3-5-12(7-10(9)2)17-20(18,19)14-8-11(15)4-6-13(14)16/h3-8,17H,16H2,1-2H3. The molecule has 0 saturated heterocycles. The minimum Gasteiger partial charge on any atom is -0.398 e. The first-order chi connectivity index (χ1) is 9.29. The molecule has 0 amide bonds. The minimum absolute atomic E-state index is 0.0603. The highest BCUT2D eigenvalue weighted by atomic mass is 79.9. The predicted molar refractivity (Wildman–Crippen MR) is 85.3 cm³/mol. The van der Waals surface area contributed by atoms with E-state index in [1.165, 1.54) is 6.07 Å². The molecule has 0 aliphatic heterocycles. The minimum atomic E-state index is -3.70. The lowest BCUT2D eigenvalue weighted by atomic mass is 10.1. The van der Waals surface area contributed by atoms with Gasteiger partial charge in [0.2, 0.25) is 0 Å². The Morgan fingerprint density at radius 1 is 1.05 bits per heavy atom. The molecule has 20 heavy (non-hydrogen) atoms. The van der Waals surface area contributed by atoms with Crippen LogP contribution in [0.1, 0.15) is 11.1 Å². The van der Waals surface area contributed by atoms with Crippen molar-refractivity contribution in [2.45, 2.75) is 18.7 Å². The number of hydrogen-bond donors (Lipinski definition) is 2. The number of hydrogen-bond acceptors (Lipinski definition) is 3. The normalized spacial score (nSPS) is 11.3. The molecule has 106 valence electrons. The van der Waals surface area contributed by atoms with Crippen LogP contribution < -0.4 is 10.5 Å². The van der Waals surface area contributed by atoms with Crippen LogP contribution in [0.4, 0.5) is 11.4 Å². The Bertz CT molecular complexity index is 758. The fraction of sp³-hybridized carbons (Fsp3) is 0.143. The van der Waals surface area contributed by atoms with Gasteiger partial charge in [-0.1, -0.05) is 22.0 Å². The van der Waals surface area contributed by atoms with Crippen molar-refractivity contribution in [3.05, 3.63) is 52.0 Å². The molecular weight excluding hydrogens is 340 g/mol. The lowest BCUT2D eigenvalue weighted by Gasteiger charge is -2.11. The van der Waals surface area contributed by atoms with Gasteiger partial charge in [-0.15, -0.1) is 0 Å². The first-order valence-electron chi connectivity index (χ1n) is 5.95. The Balaban J connectivity index is 2.40. The first-order valence-corrected chi connectivity index (χ1v) is 8.22. The Labute approximate surface area is 127 Å². The molecule has 0 radical (unpaired) electrons. The molecular formula is C14H15BrN2O2S. The van der Waals surface area contributed by atoms with E-state index in [0.717, 1.165) is 11.1 Å². The van der Waals surface area contributed by atoms with E-state index in [9.17, 15) is 8.42 Å². The molecule has 0 spiro atoms. The average Bonchev–Trinajstić information content (AvgIpc) is 2.36. The molecule has 0 aliphatic carbocycles. The molecule has 0 unspecified atom stereocenters. The van der Waals surface area contributed by atoms with E-state index in [-0.39, 0.29) is 10.6 Å². The van der Waals surface area contributed by atoms with Crippen molar-refractivity contribution in [3.8, 4) is 0 Å². The van der Waals surface area contributed by atoms with Gasteiger partial charge in [0, 0.05) is 10.2 Å². The fourth-order valence-corrected chi connectivity index (χ4v) is 3.48. The van der Waals surface area contributed by atoms with E-state index in [0.29, 0.717) is 10.2 Å². The highest BCUT2D eigenvalue weighted by molar-refractivity contribution is 9.10. The summed E-state index contributed by atoms with van der Waals surface area (Å²) in [5, 5.41) is 0. The number of nitrogens with one attached hydrogen (secondary N) is 1. The maximum atomic E-state index is 12.4. The van der Waals surface area contributed by atoms with Crippen LogP contribution in [0.25, 0.3) is 0 Å². The average molecular weight is 355 g/mol. The van der Waals surface area contributed by atoms with Crippen LogP contribution in [-0.4, -0.2) is 8.42 Å². The number of nitrogen functional groups attached to an aromatic ring is 1. The smallest absolute Gasteiger partial charge is 0.263 e.